The van der Waals surface area contributed by atoms with Crippen molar-refractivity contribution in [3.8, 4) is 0 Å². The summed E-state index contributed by atoms with van der Waals surface area (Å²) >= 11 is 0. The van der Waals surface area contributed by atoms with Crippen molar-refractivity contribution >= 4 is 5.95 Å². The van der Waals surface area contributed by atoms with Crippen molar-refractivity contribution < 1.29 is 4.52 Å². The molecule has 0 aliphatic rings. The number of nitrogens with zero attached hydrogens (tertiary/aromatic N) is 3. The van der Waals surface area contributed by atoms with Crippen molar-refractivity contribution in [2.45, 2.75) is 39.7 Å². The molecule has 0 aliphatic heterocycles. The first-order chi connectivity index (χ1) is 7.05. The Labute approximate surface area is 90.6 Å². The number of hydrogen-bond acceptors (Lipinski definition) is 5. The van der Waals surface area contributed by atoms with Gasteiger partial charge in [-0.3, -0.25) is 0 Å². The SMILES string of the molecule is CCN(CC)c1noc(C(C)(N)CC)n1. The lowest BCUT2D eigenvalue weighted by molar-refractivity contribution is 0.291. The Morgan fingerprint density at radius 1 is 1.33 bits per heavy atom. The molecule has 1 heterocycles. The van der Waals surface area contributed by atoms with Gasteiger partial charge in [0.1, 0.15) is 0 Å². The Balaban J connectivity index is 2.89. The standard InChI is InChI=1S/C10H20N4O/c1-5-10(4,11)8-12-9(13-15-8)14(6-2)7-3/h5-7,11H2,1-4H3. The third kappa shape index (κ3) is 2.47. The van der Waals surface area contributed by atoms with Gasteiger partial charge in [-0.2, -0.15) is 4.98 Å². The fourth-order valence-electron chi connectivity index (χ4n) is 1.23. The minimum Gasteiger partial charge on any atom is -0.339 e. The molecule has 86 valence electrons. The predicted octanol–water partition coefficient (Wildman–Crippen LogP) is 1.50. The third-order valence-electron chi connectivity index (χ3n) is 2.68. The van der Waals surface area contributed by atoms with E-state index < -0.39 is 5.54 Å². The molecule has 1 unspecified atom stereocenters. The highest BCUT2D eigenvalue weighted by Gasteiger charge is 2.26. The first kappa shape index (κ1) is 12.0. The summed E-state index contributed by atoms with van der Waals surface area (Å²) in [7, 11) is 0. The van der Waals surface area contributed by atoms with Crippen LogP contribution < -0.4 is 10.6 Å². The molecule has 5 nitrogen and oxygen atoms in total. The largest absolute Gasteiger partial charge is 0.339 e. The molecule has 5 heteroatoms. The van der Waals surface area contributed by atoms with Gasteiger partial charge < -0.3 is 15.2 Å². The summed E-state index contributed by atoms with van der Waals surface area (Å²) in [5, 5.41) is 3.93. The van der Waals surface area contributed by atoms with Gasteiger partial charge in [-0.1, -0.05) is 6.92 Å². The quantitative estimate of drug-likeness (QED) is 0.801. The van der Waals surface area contributed by atoms with E-state index in [0.717, 1.165) is 19.5 Å². The third-order valence-corrected chi connectivity index (χ3v) is 2.68. The lowest BCUT2D eigenvalue weighted by atomic mass is 10.0. The fraction of sp³-hybridized carbons (Fsp3) is 0.800. The molecule has 0 amide bonds. The summed E-state index contributed by atoms with van der Waals surface area (Å²) in [5.41, 5.74) is 5.49. The maximum Gasteiger partial charge on any atom is 0.266 e. The van der Waals surface area contributed by atoms with Gasteiger partial charge in [-0.25, -0.2) is 0 Å². The van der Waals surface area contributed by atoms with Crippen LogP contribution >= 0.6 is 0 Å². The molecule has 0 saturated carbocycles. The molecular formula is C10H20N4O. The van der Waals surface area contributed by atoms with Gasteiger partial charge in [0, 0.05) is 13.1 Å². The summed E-state index contributed by atoms with van der Waals surface area (Å²) < 4.78 is 5.18. The molecule has 1 aromatic heterocycles. The van der Waals surface area contributed by atoms with Crippen LogP contribution in [0.4, 0.5) is 5.95 Å². The summed E-state index contributed by atoms with van der Waals surface area (Å²) in [4.78, 5) is 6.34. The zero-order valence-electron chi connectivity index (χ0n) is 9.95. The molecule has 2 N–H and O–H groups in total. The van der Waals surface area contributed by atoms with Crippen LogP contribution in [-0.2, 0) is 5.54 Å². The Kier molecular flexibility index (Phi) is 3.68. The molecule has 1 aromatic rings. The molecule has 15 heavy (non-hydrogen) atoms. The molecule has 0 aliphatic carbocycles. The molecule has 0 aromatic carbocycles. The van der Waals surface area contributed by atoms with E-state index in [1.165, 1.54) is 0 Å². The number of rotatable bonds is 5. The maximum absolute atomic E-state index is 6.02. The summed E-state index contributed by atoms with van der Waals surface area (Å²) in [6.45, 7) is 9.74. The van der Waals surface area contributed by atoms with Crippen LogP contribution in [0.2, 0.25) is 0 Å². The number of aromatic nitrogens is 2. The highest BCUT2D eigenvalue weighted by Crippen LogP contribution is 2.21. The normalized spacial score (nSPS) is 15.0. The average molecular weight is 212 g/mol. The molecular weight excluding hydrogens is 192 g/mol. The van der Waals surface area contributed by atoms with Gasteiger partial charge in [-0.05, 0) is 32.3 Å². The lowest BCUT2D eigenvalue weighted by Crippen LogP contribution is -2.32. The van der Waals surface area contributed by atoms with E-state index in [9.17, 15) is 0 Å². The van der Waals surface area contributed by atoms with Crippen LogP contribution in [-0.4, -0.2) is 23.2 Å². The predicted molar refractivity (Wildman–Crippen MR) is 59.7 cm³/mol. The van der Waals surface area contributed by atoms with Crippen LogP contribution in [0.25, 0.3) is 0 Å². The Morgan fingerprint density at radius 2 is 1.93 bits per heavy atom. The molecule has 1 atom stereocenters. The fourth-order valence-corrected chi connectivity index (χ4v) is 1.23. The average Bonchev–Trinajstić information content (AvgIpc) is 2.70. The second-order valence-electron chi connectivity index (χ2n) is 3.84. The smallest absolute Gasteiger partial charge is 0.266 e. The van der Waals surface area contributed by atoms with Gasteiger partial charge in [0.15, 0.2) is 0 Å². The van der Waals surface area contributed by atoms with E-state index in [-0.39, 0.29) is 0 Å². The van der Waals surface area contributed by atoms with Crippen LogP contribution in [0.1, 0.15) is 40.0 Å². The van der Waals surface area contributed by atoms with Crippen molar-refractivity contribution in [1.82, 2.24) is 10.1 Å². The van der Waals surface area contributed by atoms with Gasteiger partial charge in [-0.15, -0.1) is 0 Å². The lowest BCUT2D eigenvalue weighted by Gasteiger charge is -2.17. The van der Waals surface area contributed by atoms with Crippen molar-refractivity contribution in [2.75, 3.05) is 18.0 Å². The Hall–Kier alpha value is -1.10. The minimum atomic E-state index is -0.529. The number of nitrogens with two attached hydrogens (primary N) is 1. The van der Waals surface area contributed by atoms with Gasteiger partial charge in [0.25, 0.3) is 5.95 Å². The zero-order chi connectivity index (χ0) is 11.5. The summed E-state index contributed by atoms with van der Waals surface area (Å²) in [6.07, 6.45) is 0.771. The first-order valence-electron chi connectivity index (χ1n) is 5.43. The van der Waals surface area contributed by atoms with Gasteiger partial charge in [0.2, 0.25) is 5.89 Å². The van der Waals surface area contributed by atoms with Gasteiger partial charge in [0.05, 0.1) is 5.54 Å². The molecule has 0 radical (unpaired) electrons. The Morgan fingerprint density at radius 3 is 2.40 bits per heavy atom. The van der Waals surface area contributed by atoms with Crippen LogP contribution in [0.15, 0.2) is 4.52 Å². The molecule has 1 rings (SSSR count). The number of hydrogen-bond donors (Lipinski definition) is 1. The Bertz CT molecular complexity index is 304. The summed E-state index contributed by atoms with van der Waals surface area (Å²) in [5.74, 6) is 1.13. The minimum absolute atomic E-state index is 0.506. The van der Waals surface area contributed by atoms with E-state index in [1.54, 1.807) is 0 Å². The van der Waals surface area contributed by atoms with Crippen LogP contribution in [0, 0.1) is 0 Å². The second kappa shape index (κ2) is 4.61. The van der Waals surface area contributed by atoms with Crippen molar-refractivity contribution in [1.29, 1.82) is 0 Å². The van der Waals surface area contributed by atoms with E-state index in [2.05, 4.69) is 24.0 Å². The molecule has 0 fully saturated rings. The molecule has 0 saturated heterocycles. The highest BCUT2D eigenvalue weighted by atomic mass is 16.5. The van der Waals surface area contributed by atoms with Crippen molar-refractivity contribution in [3.05, 3.63) is 5.89 Å². The summed E-state index contributed by atoms with van der Waals surface area (Å²) in [6, 6.07) is 0. The van der Waals surface area contributed by atoms with E-state index in [0.29, 0.717) is 11.8 Å². The van der Waals surface area contributed by atoms with Gasteiger partial charge >= 0.3 is 0 Å². The van der Waals surface area contributed by atoms with Crippen LogP contribution in [0.5, 0.6) is 0 Å². The molecule has 0 bridgehead atoms. The van der Waals surface area contributed by atoms with E-state index in [4.69, 9.17) is 10.3 Å². The van der Waals surface area contributed by atoms with E-state index >= 15 is 0 Å². The van der Waals surface area contributed by atoms with Crippen molar-refractivity contribution in [3.63, 3.8) is 0 Å². The van der Waals surface area contributed by atoms with Crippen molar-refractivity contribution in [2.24, 2.45) is 5.73 Å². The van der Waals surface area contributed by atoms with Crippen LogP contribution in [0.3, 0.4) is 0 Å². The maximum atomic E-state index is 6.02. The molecule has 0 spiro atoms. The number of anilines is 1. The van der Waals surface area contributed by atoms with E-state index in [1.807, 2.05) is 18.7 Å². The topological polar surface area (TPSA) is 68.2 Å². The zero-order valence-corrected chi connectivity index (χ0v) is 9.95. The highest BCUT2D eigenvalue weighted by molar-refractivity contribution is 5.27. The first-order valence-corrected chi connectivity index (χ1v) is 5.43. The second-order valence-corrected chi connectivity index (χ2v) is 3.84. The monoisotopic (exact) mass is 212 g/mol.